The van der Waals surface area contributed by atoms with E-state index in [4.69, 9.17) is 56.8 Å². The fourth-order valence-electron chi connectivity index (χ4n) is 9.02. The summed E-state index contributed by atoms with van der Waals surface area (Å²) in [5.74, 6) is 4.85. The molecule has 3 aromatic rings. The second-order valence-corrected chi connectivity index (χ2v) is 19.1. The van der Waals surface area contributed by atoms with Crippen molar-refractivity contribution in [2.75, 3.05) is 85.3 Å². The van der Waals surface area contributed by atoms with Crippen LogP contribution in [-0.4, -0.2) is 93.4 Å². The zero-order chi connectivity index (χ0) is 42.2. The minimum absolute atomic E-state index is 0. The first kappa shape index (κ1) is 53.6. The number of hydrogen-bond acceptors (Lipinski definition) is 12. The standard InChI is InChI=1S/C42H57O12Si.3ClH.Ti/c1-20-21(2)23(4)39(22(20)3)55(40-24(5)27(43-8)30(46-11)33(49-14)36(40)52-17,41-25(6)28(44-9)31(47-12)34(50-15)37(41)53-18)42-26(7)29(45-10)32(48-13)35(51-16)38(42)54-19;;;;/h1-19H3;3*1H;/q;;;;+3/p-3. The Bertz CT molecular complexity index is 1890. The van der Waals surface area contributed by atoms with Gasteiger partial charge in [0, 0.05) is 0 Å². The molecule has 0 unspecified atom stereocenters. The average molecular weight is 936 g/mol. The summed E-state index contributed by atoms with van der Waals surface area (Å²) in [6, 6.07) is 0. The number of benzene rings is 3. The fourth-order valence-corrected chi connectivity index (χ4v) is 18.4. The summed E-state index contributed by atoms with van der Waals surface area (Å²) in [5.41, 5.74) is 6.77. The van der Waals surface area contributed by atoms with Gasteiger partial charge in [0.1, 0.15) is 0 Å². The summed E-state index contributed by atoms with van der Waals surface area (Å²) in [6.45, 7) is 14.7. The van der Waals surface area contributed by atoms with Crippen molar-refractivity contribution in [1.29, 1.82) is 0 Å². The third-order valence-corrected chi connectivity index (χ3v) is 20.5. The van der Waals surface area contributed by atoms with Crippen LogP contribution in [-0.2, 0) is 20.4 Å². The van der Waals surface area contributed by atoms with Gasteiger partial charge in [-0.05, 0) is 0 Å². The number of methoxy groups -OCH3 is 12. The van der Waals surface area contributed by atoms with Crippen molar-refractivity contribution in [1.82, 2.24) is 0 Å². The van der Waals surface area contributed by atoms with Gasteiger partial charge in [0.05, 0.1) is 0 Å². The van der Waals surface area contributed by atoms with Crippen LogP contribution in [0.25, 0.3) is 0 Å². The van der Waals surface area contributed by atoms with Gasteiger partial charge in [0.15, 0.2) is 0 Å². The summed E-state index contributed by atoms with van der Waals surface area (Å²) in [5, 5.41) is 2.35. The van der Waals surface area contributed by atoms with E-state index in [2.05, 4.69) is 48.1 Å². The Kier molecular flexibility index (Phi) is 19.0. The summed E-state index contributed by atoms with van der Waals surface area (Å²) in [7, 11) is 15.0. The molecule has 0 saturated carbocycles. The summed E-state index contributed by atoms with van der Waals surface area (Å²) < 4.78 is 74.6. The van der Waals surface area contributed by atoms with E-state index in [-0.39, 0.29) is 37.2 Å². The van der Waals surface area contributed by atoms with Gasteiger partial charge >= 0.3 is 346 Å². The predicted octanol–water partition coefficient (Wildman–Crippen LogP) is -2.87. The number of hydrogen-bond donors (Lipinski definition) is 0. The van der Waals surface area contributed by atoms with E-state index in [1.54, 1.807) is 85.3 Å². The molecule has 0 spiro atoms. The normalized spacial score (nSPS) is 13.0. The molecule has 0 fully saturated rings. The quantitative estimate of drug-likeness (QED) is 0.109. The maximum atomic E-state index is 6.60. The molecule has 326 valence electrons. The molecule has 59 heavy (non-hydrogen) atoms. The van der Waals surface area contributed by atoms with E-state index in [1.807, 2.05) is 20.8 Å². The molecule has 0 radical (unpaired) electrons. The van der Waals surface area contributed by atoms with E-state index >= 15 is 0 Å². The van der Waals surface area contributed by atoms with Gasteiger partial charge in [0.25, 0.3) is 0 Å². The van der Waals surface area contributed by atoms with E-state index < -0.39 is 11.4 Å². The third kappa shape index (κ3) is 7.31. The predicted molar refractivity (Wildman–Crippen MR) is 216 cm³/mol. The van der Waals surface area contributed by atoms with Crippen LogP contribution in [0.4, 0.5) is 0 Å². The summed E-state index contributed by atoms with van der Waals surface area (Å²) in [6.07, 6.45) is 0. The maximum absolute atomic E-state index is 6.60. The van der Waals surface area contributed by atoms with E-state index in [0.717, 1.165) is 54.5 Å². The number of allylic oxidation sites excluding steroid dienone is 4. The van der Waals surface area contributed by atoms with Crippen molar-refractivity contribution < 1.29 is 114 Å². The van der Waals surface area contributed by atoms with Crippen LogP contribution in [0.2, 0.25) is 3.34 Å². The molecule has 4 rings (SSSR count). The molecule has 0 saturated heterocycles. The molecule has 0 aromatic heterocycles. The molecule has 0 bridgehead atoms. The van der Waals surface area contributed by atoms with Crippen LogP contribution in [0.1, 0.15) is 44.4 Å². The minimum Gasteiger partial charge on any atom is -1.00 e. The van der Waals surface area contributed by atoms with E-state index in [0.29, 0.717) is 69.0 Å². The van der Waals surface area contributed by atoms with Crippen molar-refractivity contribution in [3.8, 4) is 69.0 Å². The van der Waals surface area contributed by atoms with Gasteiger partial charge < -0.3 is 37.2 Å². The van der Waals surface area contributed by atoms with Crippen LogP contribution in [0.5, 0.6) is 69.0 Å². The first-order valence-corrected chi connectivity index (χ1v) is 20.6. The van der Waals surface area contributed by atoms with Gasteiger partial charge in [-0.2, -0.15) is 0 Å². The Hall–Kier alpha value is -3.46. The van der Waals surface area contributed by atoms with Crippen molar-refractivity contribution in [3.05, 3.63) is 39.0 Å². The molecule has 0 N–H and O–H groups in total. The van der Waals surface area contributed by atoms with Crippen LogP contribution in [0.15, 0.2) is 22.3 Å². The molecule has 0 amide bonds. The molecule has 0 heterocycles. The topological polar surface area (TPSA) is 111 Å². The summed E-state index contributed by atoms with van der Waals surface area (Å²) >= 11 is 2.29. The first-order valence-electron chi connectivity index (χ1n) is 17.8. The molecular weight excluding hydrogens is 879 g/mol. The number of ether oxygens (including phenoxy) is 12. The molecule has 0 aliphatic heterocycles. The molecular formula is C42H57Cl3O12SiTi. The van der Waals surface area contributed by atoms with Gasteiger partial charge in [0.2, 0.25) is 0 Å². The molecule has 0 atom stereocenters. The van der Waals surface area contributed by atoms with Gasteiger partial charge in [-0.15, -0.1) is 0 Å². The van der Waals surface area contributed by atoms with E-state index in [1.165, 1.54) is 0 Å². The van der Waals surface area contributed by atoms with Crippen molar-refractivity contribution in [3.63, 3.8) is 0 Å². The molecule has 1 aliphatic rings. The smallest absolute Gasteiger partial charge is 1.00 e. The molecule has 3 aromatic carbocycles. The van der Waals surface area contributed by atoms with Crippen molar-refractivity contribution in [2.45, 2.75) is 51.8 Å². The maximum Gasteiger partial charge on any atom is -1.00 e. The van der Waals surface area contributed by atoms with Crippen LogP contribution < -0.4 is 110 Å². The number of rotatable bonds is 16. The Labute approximate surface area is 381 Å². The second-order valence-electron chi connectivity index (χ2n) is 13.4. The zero-order valence-electron chi connectivity index (χ0n) is 37.5. The van der Waals surface area contributed by atoms with Gasteiger partial charge in [-0.25, -0.2) is 0 Å². The molecule has 1 aliphatic carbocycles. The Balaban J connectivity index is 0.00000580. The average Bonchev–Trinajstić information content (AvgIpc) is 3.35. The van der Waals surface area contributed by atoms with Crippen LogP contribution >= 0.6 is 0 Å². The number of halogens is 3. The van der Waals surface area contributed by atoms with Crippen LogP contribution in [0, 0.1) is 20.8 Å². The van der Waals surface area contributed by atoms with Gasteiger partial charge in [-0.3, -0.25) is 0 Å². The first-order chi connectivity index (χ1) is 26.6. The zero-order valence-corrected chi connectivity index (χ0v) is 42.4. The third-order valence-electron chi connectivity index (χ3n) is 11.6. The minimum atomic E-state index is -4.19. The molecule has 12 nitrogen and oxygen atoms in total. The summed E-state index contributed by atoms with van der Waals surface area (Å²) in [4.78, 5) is 0. The van der Waals surface area contributed by atoms with Crippen LogP contribution in [0.3, 0.4) is 0 Å². The monoisotopic (exact) mass is 934 g/mol. The van der Waals surface area contributed by atoms with Gasteiger partial charge in [-0.1, -0.05) is 0 Å². The fraction of sp³-hybridized carbons (Fsp3) is 0.476. The van der Waals surface area contributed by atoms with Crippen molar-refractivity contribution >= 4 is 23.6 Å². The largest absolute Gasteiger partial charge is 1.00 e. The van der Waals surface area contributed by atoms with Crippen molar-refractivity contribution in [2.24, 2.45) is 0 Å². The second kappa shape index (κ2) is 20.9. The van der Waals surface area contributed by atoms with E-state index in [9.17, 15) is 0 Å². The Morgan fingerprint density at radius 1 is 0.305 bits per heavy atom. The Morgan fingerprint density at radius 2 is 0.475 bits per heavy atom. The SMILES string of the molecule is COc1c(C)c([Si](c2c(C)c(OC)c(OC)c(OC)c2OC)(c2c(C)c(OC)c(OC)c(OC)c2OC)[C]2([Ti+3])C(C)=C(C)C(C)=C2C)c(OC)c(OC)c1OC.[Cl-].[Cl-].[Cl-]. The Morgan fingerprint density at radius 3 is 0.644 bits per heavy atom. The molecule has 17 heteroatoms.